The van der Waals surface area contributed by atoms with Crippen molar-refractivity contribution in [2.75, 3.05) is 6.26 Å². The van der Waals surface area contributed by atoms with E-state index in [1.54, 1.807) is 42.5 Å². The average Bonchev–Trinajstić information content (AvgIpc) is 3.05. The monoisotopic (exact) mass is 500 g/mol. The minimum atomic E-state index is -3.48. The van der Waals surface area contributed by atoms with Crippen LogP contribution in [0, 0.1) is 0 Å². The van der Waals surface area contributed by atoms with Gasteiger partial charge in [0.2, 0.25) is 0 Å². The zero-order valence-corrected chi connectivity index (χ0v) is 19.4. The number of nitrogens with zero attached hydrogens (tertiary/aromatic N) is 1. The molecule has 1 aromatic heterocycles. The Kier molecular flexibility index (Phi) is 7.03. The van der Waals surface area contributed by atoms with E-state index < -0.39 is 21.2 Å². The number of aromatic nitrogens is 1. The molecule has 0 fully saturated rings. The third-order valence-electron chi connectivity index (χ3n) is 4.84. The molecule has 0 saturated carbocycles. The summed E-state index contributed by atoms with van der Waals surface area (Å²) in [7, 11) is -3.48. The fourth-order valence-electron chi connectivity index (χ4n) is 3.26. The SMILES string of the molecule is CS(=O)(=O)C(N)CCn1c(C(=O)O)cc(-c2ccc(Cl)cc2Cl)c1-c1ccc(Cl)cc1. The van der Waals surface area contributed by atoms with Crippen molar-refractivity contribution in [2.24, 2.45) is 5.73 Å². The zero-order chi connectivity index (χ0) is 22.9. The molecule has 1 unspecified atom stereocenters. The molecule has 0 radical (unpaired) electrons. The number of rotatable bonds is 7. The molecule has 1 heterocycles. The summed E-state index contributed by atoms with van der Waals surface area (Å²) in [5, 5.41) is 10.0. The van der Waals surface area contributed by atoms with E-state index in [1.165, 1.54) is 10.6 Å². The second-order valence-electron chi connectivity index (χ2n) is 7.04. The van der Waals surface area contributed by atoms with Crippen LogP contribution in [0.5, 0.6) is 0 Å². The summed E-state index contributed by atoms with van der Waals surface area (Å²) in [6.45, 7) is 0.0685. The van der Waals surface area contributed by atoms with Crippen LogP contribution in [0.3, 0.4) is 0 Å². The first-order valence-electron chi connectivity index (χ1n) is 9.11. The molecule has 3 N–H and O–H groups in total. The Morgan fingerprint density at radius 1 is 1.03 bits per heavy atom. The molecular formula is C21H19Cl3N2O4S. The Morgan fingerprint density at radius 2 is 1.65 bits per heavy atom. The molecule has 164 valence electrons. The molecule has 0 aliphatic heterocycles. The number of halogens is 3. The lowest BCUT2D eigenvalue weighted by Crippen LogP contribution is -2.31. The first-order valence-corrected chi connectivity index (χ1v) is 12.2. The van der Waals surface area contributed by atoms with Gasteiger partial charge in [-0.25, -0.2) is 13.2 Å². The number of hydrogen-bond acceptors (Lipinski definition) is 4. The summed E-state index contributed by atoms with van der Waals surface area (Å²) < 4.78 is 25.1. The maximum Gasteiger partial charge on any atom is 0.352 e. The first kappa shape index (κ1) is 23.6. The smallest absolute Gasteiger partial charge is 0.352 e. The molecule has 10 heteroatoms. The molecule has 3 aromatic rings. The van der Waals surface area contributed by atoms with E-state index in [9.17, 15) is 18.3 Å². The van der Waals surface area contributed by atoms with E-state index in [0.29, 0.717) is 37.5 Å². The summed E-state index contributed by atoms with van der Waals surface area (Å²) in [5.74, 6) is -1.17. The van der Waals surface area contributed by atoms with E-state index in [2.05, 4.69) is 0 Å². The maximum atomic E-state index is 12.0. The molecule has 0 spiro atoms. The second kappa shape index (κ2) is 9.22. The number of carbonyl (C=O) groups is 1. The van der Waals surface area contributed by atoms with Gasteiger partial charge in [0.1, 0.15) is 11.1 Å². The Labute approximate surface area is 195 Å². The Hall–Kier alpha value is -2.03. The molecule has 0 saturated heterocycles. The van der Waals surface area contributed by atoms with Gasteiger partial charge < -0.3 is 15.4 Å². The highest BCUT2D eigenvalue weighted by Crippen LogP contribution is 2.40. The van der Waals surface area contributed by atoms with Crippen molar-refractivity contribution in [1.29, 1.82) is 0 Å². The predicted octanol–water partition coefficient (Wildman–Crippen LogP) is 5.20. The van der Waals surface area contributed by atoms with E-state index in [1.807, 2.05) is 0 Å². The minimum absolute atomic E-state index is 0.0216. The Bertz CT molecular complexity index is 1240. The molecule has 2 aromatic carbocycles. The third kappa shape index (κ3) is 5.25. The van der Waals surface area contributed by atoms with Crippen LogP contribution in [0.25, 0.3) is 22.4 Å². The summed E-state index contributed by atoms with van der Waals surface area (Å²) in [5.41, 5.74) is 8.16. The molecule has 0 amide bonds. The van der Waals surface area contributed by atoms with Crippen LogP contribution in [-0.2, 0) is 16.4 Å². The van der Waals surface area contributed by atoms with Crippen LogP contribution in [0.4, 0.5) is 0 Å². The van der Waals surface area contributed by atoms with Crippen molar-refractivity contribution in [2.45, 2.75) is 18.3 Å². The van der Waals surface area contributed by atoms with Gasteiger partial charge in [0.05, 0.1) is 5.69 Å². The number of benzene rings is 2. The van der Waals surface area contributed by atoms with Crippen LogP contribution >= 0.6 is 34.8 Å². The van der Waals surface area contributed by atoms with Crippen LogP contribution in [0.2, 0.25) is 15.1 Å². The predicted molar refractivity (Wildman–Crippen MR) is 125 cm³/mol. The number of carboxylic acids is 1. The van der Waals surface area contributed by atoms with Gasteiger partial charge in [0, 0.05) is 39.0 Å². The van der Waals surface area contributed by atoms with Gasteiger partial charge in [-0.05, 0) is 42.3 Å². The van der Waals surface area contributed by atoms with E-state index in [4.69, 9.17) is 40.5 Å². The topological polar surface area (TPSA) is 102 Å². The van der Waals surface area contributed by atoms with Gasteiger partial charge in [0.15, 0.2) is 9.84 Å². The summed E-state index contributed by atoms with van der Waals surface area (Å²) >= 11 is 18.5. The van der Waals surface area contributed by atoms with Crippen molar-refractivity contribution in [1.82, 2.24) is 4.57 Å². The average molecular weight is 502 g/mol. The normalized spacial score (nSPS) is 12.7. The largest absolute Gasteiger partial charge is 0.477 e. The van der Waals surface area contributed by atoms with Crippen molar-refractivity contribution in [3.63, 3.8) is 0 Å². The van der Waals surface area contributed by atoms with Crippen molar-refractivity contribution < 1.29 is 18.3 Å². The highest BCUT2D eigenvalue weighted by atomic mass is 35.5. The fraction of sp³-hybridized carbons (Fsp3) is 0.190. The molecule has 0 bridgehead atoms. The van der Waals surface area contributed by atoms with Crippen molar-refractivity contribution in [3.8, 4) is 22.4 Å². The van der Waals surface area contributed by atoms with Gasteiger partial charge in [-0.2, -0.15) is 0 Å². The summed E-state index contributed by atoms with van der Waals surface area (Å²) in [4.78, 5) is 12.0. The number of sulfone groups is 1. The highest BCUT2D eigenvalue weighted by molar-refractivity contribution is 7.91. The number of aromatic carboxylic acids is 1. The minimum Gasteiger partial charge on any atom is -0.477 e. The van der Waals surface area contributed by atoms with Crippen molar-refractivity contribution in [3.05, 3.63) is 69.3 Å². The van der Waals surface area contributed by atoms with Gasteiger partial charge >= 0.3 is 5.97 Å². The van der Waals surface area contributed by atoms with E-state index >= 15 is 0 Å². The molecule has 0 aliphatic carbocycles. The maximum absolute atomic E-state index is 12.0. The Balaban J connectivity index is 2.25. The highest BCUT2D eigenvalue weighted by Gasteiger charge is 2.24. The lowest BCUT2D eigenvalue weighted by Gasteiger charge is -2.16. The van der Waals surface area contributed by atoms with Gasteiger partial charge in [-0.3, -0.25) is 0 Å². The standard InChI is InChI=1S/C21H19Cl3N2O4S/c1-31(29,30)19(25)8-9-26-18(21(27)28)11-16(15-7-6-14(23)10-17(15)24)20(26)12-2-4-13(22)5-3-12/h2-7,10-11,19H,8-9,25H2,1H3,(H,27,28). The molecule has 1 atom stereocenters. The quantitative estimate of drug-likeness (QED) is 0.463. The van der Waals surface area contributed by atoms with Crippen LogP contribution < -0.4 is 5.73 Å². The van der Waals surface area contributed by atoms with Crippen LogP contribution in [0.15, 0.2) is 48.5 Å². The molecule has 31 heavy (non-hydrogen) atoms. The van der Waals surface area contributed by atoms with E-state index in [0.717, 1.165) is 6.26 Å². The van der Waals surface area contributed by atoms with Gasteiger partial charge in [0.25, 0.3) is 0 Å². The van der Waals surface area contributed by atoms with E-state index in [-0.39, 0.29) is 18.7 Å². The fourth-order valence-corrected chi connectivity index (χ4v) is 4.43. The third-order valence-corrected chi connectivity index (χ3v) is 6.98. The number of nitrogens with two attached hydrogens (primary N) is 1. The molecule has 0 aliphatic rings. The Morgan fingerprint density at radius 3 is 2.19 bits per heavy atom. The number of hydrogen-bond donors (Lipinski definition) is 2. The van der Waals surface area contributed by atoms with Crippen LogP contribution in [0.1, 0.15) is 16.9 Å². The van der Waals surface area contributed by atoms with Crippen molar-refractivity contribution >= 4 is 50.6 Å². The van der Waals surface area contributed by atoms with Gasteiger partial charge in [-0.15, -0.1) is 0 Å². The zero-order valence-electron chi connectivity index (χ0n) is 16.3. The van der Waals surface area contributed by atoms with Crippen LogP contribution in [-0.4, -0.2) is 35.7 Å². The summed E-state index contributed by atoms with van der Waals surface area (Å²) in [6.07, 6.45) is 1.08. The van der Waals surface area contributed by atoms with Gasteiger partial charge in [-0.1, -0.05) is 53.0 Å². The lowest BCUT2D eigenvalue weighted by atomic mass is 10.0. The first-order chi connectivity index (χ1) is 14.5. The summed E-state index contributed by atoms with van der Waals surface area (Å²) in [6, 6.07) is 13.3. The number of carboxylic acid groups (broad SMARTS) is 1. The molecule has 3 rings (SSSR count). The molecule has 6 nitrogen and oxygen atoms in total. The lowest BCUT2D eigenvalue weighted by molar-refractivity contribution is 0.0685. The molecular weight excluding hydrogens is 483 g/mol. The second-order valence-corrected chi connectivity index (χ2v) is 10.6.